The van der Waals surface area contributed by atoms with Gasteiger partial charge >= 0.3 is 0 Å². The van der Waals surface area contributed by atoms with Crippen LogP contribution in [0.2, 0.25) is 0 Å². The molecule has 0 spiro atoms. The van der Waals surface area contributed by atoms with Crippen LogP contribution in [0, 0.1) is 12.7 Å². The zero-order valence-electron chi connectivity index (χ0n) is 12.2. The van der Waals surface area contributed by atoms with Crippen molar-refractivity contribution in [3.63, 3.8) is 0 Å². The van der Waals surface area contributed by atoms with Crippen molar-refractivity contribution in [2.45, 2.75) is 33.1 Å². The first-order valence-corrected chi connectivity index (χ1v) is 6.97. The Hall–Kier alpha value is -1.62. The molecule has 0 heterocycles. The zero-order chi connectivity index (χ0) is 15.0. The average molecular weight is 282 g/mol. The molecular formula is C15H23FN2O2. The summed E-state index contributed by atoms with van der Waals surface area (Å²) in [6, 6.07) is 2.86. The van der Waals surface area contributed by atoms with E-state index in [2.05, 4.69) is 12.2 Å². The maximum Gasteiger partial charge on any atom is 0.254 e. The van der Waals surface area contributed by atoms with Crippen molar-refractivity contribution < 1.29 is 13.9 Å². The summed E-state index contributed by atoms with van der Waals surface area (Å²) in [5, 5.41) is 2.67. The minimum absolute atomic E-state index is 0.00518. The fraction of sp³-hybridized carbons (Fsp3) is 0.533. The number of nitrogens with one attached hydrogen (secondary N) is 1. The highest BCUT2D eigenvalue weighted by Crippen LogP contribution is 2.16. The quantitative estimate of drug-likeness (QED) is 0.569. The lowest BCUT2D eigenvalue weighted by molar-refractivity contribution is 0.0936. The molecule has 0 aromatic heterocycles. The number of ether oxygens (including phenoxy) is 1. The molecule has 112 valence electrons. The molecular weight excluding hydrogens is 259 g/mol. The van der Waals surface area contributed by atoms with Gasteiger partial charge in [0.15, 0.2) is 0 Å². The molecule has 3 N–H and O–H groups in total. The summed E-state index contributed by atoms with van der Waals surface area (Å²) in [7, 11) is 0. The summed E-state index contributed by atoms with van der Waals surface area (Å²) >= 11 is 0. The van der Waals surface area contributed by atoms with Crippen molar-refractivity contribution in [3.8, 4) is 0 Å². The number of nitrogen functional groups attached to an aromatic ring is 1. The Kier molecular flexibility index (Phi) is 7.01. The number of benzene rings is 1. The van der Waals surface area contributed by atoms with Gasteiger partial charge in [-0.05, 0) is 37.5 Å². The molecule has 0 aliphatic rings. The largest absolute Gasteiger partial charge is 0.399 e. The molecule has 1 rings (SSSR count). The monoisotopic (exact) mass is 282 g/mol. The van der Waals surface area contributed by atoms with E-state index in [9.17, 15) is 9.18 Å². The van der Waals surface area contributed by atoms with E-state index in [1.54, 1.807) is 6.92 Å². The van der Waals surface area contributed by atoms with Gasteiger partial charge in [-0.2, -0.15) is 0 Å². The van der Waals surface area contributed by atoms with Gasteiger partial charge in [-0.1, -0.05) is 13.3 Å². The van der Waals surface area contributed by atoms with E-state index in [1.807, 2.05) is 0 Å². The van der Waals surface area contributed by atoms with Gasteiger partial charge in [0.1, 0.15) is 5.82 Å². The van der Waals surface area contributed by atoms with Crippen molar-refractivity contribution in [1.82, 2.24) is 5.32 Å². The van der Waals surface area contributed by atoms with Crippen LogP contribution in [-0.4, -0.2) is 25.7 Å². The van der Waals surface area contributed by atoms with Gasteiger partial charge in [-0.3, -0.25) is 4.79 Å². The molecule has 0 atom stereocenters. The minimum Gasteiger partial charge on any atom is -0.399 e. The lowest BCUT2D eigenvalue weighted by Crippen LogP contribution is -2.26. The number of nitrogens with two attached hydrogens (primary N) is 1. The van der Waals surface area contributed by atoms with Gasteiger partial charge in [0.2, 0.25) is 0 Å². The number of hydrogen-bond donors (Lipinski definition) is 2. The molecule has 0 saturated heterocycles. The molecule has 0 aliphatic heterocycles. The molecule has 0 fully saturated rings. The molecule has 1 aromatic rings. The van der Waals surface area contributed by atoms with E-state index in [1.165, 1.54) is 12.1 Å². The Morgan fingerprint density at radius 2 is 2.05 bits per heavy atom. The van der Waals surface area contributed by atoms with Crippen LogP contribution >= 0.6 is 0 Å². The Bertz CT molecular complexity index is 450. The summed E-state index contributed by atoms with van der Waals surface area (Å²) in [6.07, 6.45) is 2.85. The number of carbonyl (C=O) groups excluding carboxylic acids is 1. The Morgan fingerprint density at radius 1 is 1.35 bits per heavy atom. The van der Waals surface area contributed by atoms with E-state index in [0.717, 1.165) is 19.4 Å². The van der Waals surface area contributed by atoms with E-state index in [4.69, 9.17) is 10.5 Å². The zero-order valence-corrected chi connectivity index (χ0v) is 12.2. The lowest BCUT2D eigenvalue weighted by Gasteiger charge is -2.09. The van der Waals surface area contributed by atoms with Gasteiger partial charge in [0.05, 0.1) is 5.56 Å². The molecule has 20 heavy (non-hydrogen) atoms. The number of rotatable bonds is 8. The lowest BCUT2D eigenvalue weighted by atomic mass is 10.1. The third-order valence-electron chi connectivity index (χ3n) is 2.91. The topological polar surface area (TPSA) is 64.3 Å². The summed E-state index contributed by atoms with van der Waals surface area (Å²) in [6.45, 7) is 5.49. The summed E-state index contributed by atoms with van der Waals surface area (Å²) in [5.74, 6) is -0.956. The Labute approximate surface area is 119 Å². The van der Waals surface area contributed by atoms with E-state index < -0.39 is 11.7 Å². The molecule has 0 saturated carbocycles. The van der Waals surface area contributed by atoms with Crippen LogP contribution in [0.4, 0.5) is 10.1 Å². The number of anilines is 1. The fourth-order valence-corrected chi connectivity index (χ4v) is 1.78. The van der Waals surface area contributed by atoms with Crippen LogP contribution in [-0.2, 0) is 4.74 Å². The van der Waals surface area contributed by atoms with Crippen LogP contribution in [0.5, 0.6) is 0 Å². The molecule has 0 aliphatic carbocycles. The van der Waals surface area contributed by atoms with Crippen LogP contribution in [0.25, 0.3) is 0 Å². The first kappa shape index (κ1) is 16.4. The first-order valence-electron chi connectivity index (χ1n) is 6.97. The van der Waals surface area contributed by atoms with Crippen molar-refractivity contribution >= 4 is 11.6 Å². The molecule has 0 radical (unpaired) electrons. The van der Waals surface area contributed by atoms with Crippen molar-refractivity contribution in [2.24, 2.45) is 0 Å². The maximum atomic E-state index is 13.8. The Balaban J connectivity index is 2.36. The standard InChI is InChI=1S/C15H23FN2O2/c1-3-4-7-20-8-5-6-18-15(19)13-10-12(17)9-11(2)14(13)16/h9-10H,3-8,17H2,1-2H3,(H,18,19). The van der Waals surface area contributed by atoms with Crippen LogP contribution < -0.4 is 11.1 Å². The molecule has 1 amide bonds. The number of hydrogen-bond acceptors (Lipinski definition) is 3. The van der Waals surface area contributed by atoms with Gasteiger partial charge < -0.3 is 15.8 Å². The SMILES string of the molecule is CCCCOCCCNC(=O)c1cc(N)cc(C)c1F. The summed E-state index contributed by atoms with van der Waals surface area (Å²) in [4.78, 5) is 11.9. The summed E-state index contributed by atoms with van der Waals surface area (Å²) < 4.78 is 19.2. The van der Waals surface area contributed by atoms with E-state index in [0.29, 0.717) is 30.8 Å². The molecule has 4 nitrogen and oxygen atoms in total. The van der Waals surface area contributed by atoms with Crippen molar-refractivity contribution in [1.29, 1.82) is 0 Å². The molecule has 0 unspecified atom stereocenters. The van der Waals surface area contributed by atoms with Crippen LogP contribution in [0.15, 0.2) is 12.1 Å². The van der Waals surface area contributed by atoms with E-state index in [-0.39, 0.29) is 5.56 Å². The second-order valence-electron chi connectivity index (χ2n) is 4.77. The predicted molar refractivity (Wildman–Crippen MR) is 78.2 cm³/mol. The van der Waals surface area contributed by atoms with Crippen molar-refractivity contribution in [2.75, 3.05) is 25.5 Å². The van der Waals surface area contributed by atoms with Crippen LogP contribution in [0.1, 0.15) is 42.1 Å². The van der Waals surface area contributed by atoms with E-state index >= 15 is 0 Å². The smallest absolute Gasteiger partial charge is 0.254 e. The normalized spacial score (nSPS) is 10.6. The fourth-order valence-electron chi connectivity index (χ4n) is 1.78. The third-order valence-corrected chi connectivity index (χ3v) is 2.91. The highest BCUT2D eigenvalue weighted by atomic mass is 19.1. The molecule has 0 bridgehead atoms. The van der Waals surface area contributed by atoms with Crippen LogP contribution in [0.3, 0.4) is 0 Å². The maximum absolute atomic E-state index is 13.8. The predicted octanol–water partition coefficient (Wildman–Crippen LogP) is 2.65. The number of unbranched alkanes of at least 4 members (excludes halogenated alkanes) is 1. The first-order chi connectivity index (χ1) is 9.56. The average Bonchev–Trinajstić information content (AvgIpc) is 2.41. The van der Waals surface area contributed by atoms with Gasteiger partial charge in [0.25, 0.3) is 5.91 Å². The van der Waals surface area contributed by atoms with Gasteiger partial charge in [0, 0.05) is 25.4 Å². The van der Waals surface area contributed by atoms with Gasteiger partial charge in [-0.25, -0.2) is 4.39 Å². The minimum atomic E-state index is -0.518. The highest BCUT2D eigenvalue weighted by molar-refractivity contribution is 5.95. The Morgan fingerprint density at radius 3 is 2.75 bits per heavy atom. The van der Waals surface area contributed by atoms with Crippen molar-refractivity contribution in [3.05, 3.63) is 29.1 Å². The van der Waals surface area contributed by atoms with Gasteiger partial charge in [-0.15, -0.1) is 0 Å². The third kappa shape index (κ3) is 5.17. The second kappa shape index (κ2) is 8.53. The molecule has 1 aromatic carbocycles. The number of amides is 1. The second-order valence-corrected chi connectivity index (χ2v) is 4.77. The summed E-state index contributed by atoms with van der Waals surface area (Å²) in [5.41, 5.74) is 6.38. The number of carbonyl (C=O) groups is 1. The number of halogens is 1. The molecule has 5 heteroatoms. The number of aryl methyl sites for hydroxylation is 1. The highest BCUT2D eigenvalue weighted by Gasteiger charge is 2.14.